The van der Waals surface area contributed by atoms with Gasteiger partial charge in [0.2, 0.25) is 5.91 Å². The molecule has 0 aliphatic carbocycles. The molecule has 3 amide bonds. The van der Waals surface area contributed by atoms with Gasteiger partial charge in [0.15, 0.2) is 0 Å². The Balaban J connectivity index is 1.34. The smallest absolute Gasteiger partial charge is 0.317 e. The molecular weight excluding hydrogens is 354 g/mol. The first-order valence-corrected chi connectivity index (χ1v) is 10.6. The zero-order chi connectivity index (χ0) is 19.6. The summed E-state index contributed by atoms with van der Waals surface area (Å²) in [6.07, 6.45) is 5.94. The summed E-state index contributed by atoms with van der Waals surface area (Å²) in [6, 6.07) is 7.90. The van der Waals surface area contributed by atoms with Crippen LogP contribution in [0.1, 0.15) is 57.1 Å². The van der Waals surface area contributed by atoms with E-state index in [-0.39, 0.29) is 18.0 Å². The van der Waals surface area contributed by atoms with E-state index in [1.807, 2.05) is 41.0 Å². The Bertz CT molecular complexity index is 719. The summed E-state index contributed by atoms with van der Waals surface area (Å²) in [4.78, 5) is 28.6. The molecule has 1 aromatic rings. The van der Waals surface area contributed by atoms with E-state index >= 15 is 0 Å². The second kappa shape index (κ2) is 8.11. The summed E-state index contributed by atoms with van der Waals surface area (Å²) >= 11 is 0. The molecule has 4 rings (SSSR count). The Morgan fingerprint density at radius 2 is 1.89 bits per heavy atom. The third-order valence-corrected chi connectivity index (χ3v) is 6.76. The van der Waals surface area contributed by atoms with Crippen molar-refractivity contribution in [3.63, 3.8) is 0 Å². The van der Waals surface area contributed by atoms with E-state index in [4.69, 9.17) is 4.74 Å². The van der Waals surface area contributed by atoms with Crippen LogP contribution < -0.4 is 10.2 Å². The Morgan fingerprint density at radius 1 is 1.14 bits per heavy atom. The van der Waals surface area contributed by atoms with Crippen molar-refractivity contribution in [3.8, 4) is 0 Å². The first-order chi connectivity index (χ1) is 13.6. The van der Waals surface area contributed by atoms with Gasteiger partial charge in [-0.15, -0.1) is 0 Å². The molecule has 1 aromatic carbocycles. The molecule has 3 aliphatic heterocycles. The molecular formula is C22H31N3O3. The van der Waals surface area contributed by atoms with Crippen molar-refractivity contribution >= 4 is 17.6 Å². The van der Waals surface area contributed by atoms with Gasteiger partial charge in [-0.3, -0.25) is 4.79 Å². The van der Waals surface area contributed by atoms with Crippen molar-refractivity contribution in [3.05, 3.63) is 29.8 Å². The molecule has 3 heterocycles. The number of benzene rings is 1. The van der Waals surface area contributed by atoms with E-state index in [1.165, 1.54) is 0 Å². The van der Waals surface area contributed by atoms with Crippen LogP contribution in [0.25, 0.3) is 0 Å². The van der Waals surface area contributed by atoms with E-state index in [1.54, 1.807) is 0 Å². The highest BCUT2D eigenvalue weighted by atomic mass is 16.5. The summed E-state index contributed by atoms with van der Waals surface area (Å²) in [5.41, 5.74) is 2.35. The predicted molar refractivity (Wildman–Crippen MR) is 108 cm³/mol. The minimum Gasteiger partial charge on any atom is -0.381 e. The topological polar surface area (TPSA) is 61.9 Å². The standard InChI is InChI=1S/C22H31N3O3/c1-17(18-4-2-5-19(16-18)25-11-3-6-20(25)26)23-21(27)24-12-7-22(8-13-24)9-14-28-15-10-22/h2,4-5,16-17H,3,6-15H2,1H3,(H,23,27). The fourth-order valence-electron chi connectivity index (χ4n) is 4.73. The van der Waals surface area contributed by atoms with Crippen LogP contribution in [0, 0.1) is 5.41 Å². The monoisotopic (exact) mass is 385 g/mol. The molecule has 0 saturated carbocycles. The fraction of sp³-hybridized carbons (Fsp3) is 0.636. The average molecular weight is 386 g/mol. The van der Waals surface area contributed by atoms with Gasteiger partial charge in [-0.05, 0) is 62.1 Å². The lowest BCUT2D eigenvalue weighted by atomic mass is 9.72. The van der Waals surface area contributed by atoms with Crippen LogP contribution in [0.5, 0.6) is 0 Å². The van der Waals surface area contributed by atoms with Crippen LogP contribution in [0.15, 0.2) is 24.3 Å². The van der Waals surface area contributed by atoms with Crippen LogP contribution in [0.4, 0.5) is 10.5 Å². The SMILES string of the molecule is CC(NC(=O)N1CCC2(CCOCC2)CC1)c1cccc(N2CCCC2=O)c1. The molecule has 6 heteroatoms. The lowest BCUT2D eigenvalue weighted by Gasteiger charge is -2.44. The Kier molecular flexibility index (Phi) is 5.58. The highest BCUT2D eigenvalue weighted by Gasteiger charge is 2.37. The number of ether oxygens (including phenoxy) is 1. The molecule has 1 N–H and O–H groups in total. The highest BCUT2D eigenvalue weighted by Crippen LogP contribution is 2.40. The number of urea groups is 1. The molecule has 1 spiro atoms. The van der Waals surface area contributed by atoms with Crippen LogP contribution >= 0.6 is 0 Å². The maximum atomic E-state index is 12.8. The summed E-state index contributed by atoms with van der Waals surface area (Å²) in [5, 5.41) is 3.15. The van der Waals surface area contributed by atoms with Gasteiger partial charge in [0.1, 0.15) is 0 Å². The van der Waals surface area contributed by atoms with Crippen molar-refractivity contribution in [2.24, 2.45) is 5.41 Å². The largest absolute Gasteiger partial charge is 0.381 e. The normalized spacial score (nSPS) is 23.1. The zero-order valence-electron chi connectivity index (χ0n) is 16.8. The van der Waals surface area contributed by atoms with E-state index in [2.05, 4.69) is 5.32 Å². The summed E-state index contributed by atoms with van der Waals surface area (Å²) < 4.78 is 5.51. The molecule has 0 aromatic heterocycles. The number of likely N-dealkylation sites (tertiary alicyclic amines) is 1. The molecule has 3 aliphatic rings. The number of anilines is 1. The van der Waals surface area contributed by atoms with E-state index < -0.39 is 0 Å². The summed E-state index contributed by atoms with van der Waals surface area (Å²) in [7, 11) is 0. The lowest BCUT2D eigenvalue weighted by Crippen LogP contribution is -2.49. The molecule has 28 heavy (non-hydrogen) atoms. The highest BCUT2D eigenvalue weighted by molar-refractivity contribution is 5.95. The molecule has 0 radical (unpaired) electrons. The number of carbonyl (C=O) groups is 2. The van der Waals surface area contributed by atoms with E-state index in [0.29, 0.717) is 11.8 Å². The summed E-state index contributed by atoms with van der Waals surface area (Å²) in [5.74, 6) is 0.184. The first kappa shape index (κ1) is 19.2. The van der Waals surface area contributed by atoms with Crippen molar-refractivity contribution in [2.75, 3.05) is 37.7 Å². The van der Waals surface area contributed by atoms with Crippen molar-refractivity contribution in [2.45, 2.75) is 51.5 Å². The van der Waals surface area contributed by atoms with Gasteiger partial charge in [-0.2, -0.15) is 0 Å². The fourth-order valence-corrected chi connectivity index (χ4v) is 4.73. The van der Waals surface area contributed by atoms with Crippen LogP contribution in [0.3, 0.4) is 0 Å². The van der Waals surface area contributed by atoms with Crippen LogP contribution in [-0.4, -0.2) is 49.7 Å². The number of nitrogens with one attached hydrogen (secondary N) is 1. The van der Waals surface area contributed by atoms with E-state index in [9.17, 15) is 9.59 Å². The van der Waals surface area contributed by atoms with Gasteiger partial charge in [0.05, 0.1) is 6.04 Å². The minimum atomic E-state index is -0.0934. The molecule has 1 atom stereocenters. The third kappa shape index (κ3) is 4.02. The number of piperidine rings is 1. The zero-order valence-corrected chi connectivity index (χ0v) is 16.8. The van der Waals surface area contributed by atoms with Crippen molar-refractivity contribution in [1.82, 2.24) is 10.2 Å². The maximum Gasteiger partial charge on any atom is 0.317 e. The second-order valence-electron chi connectivity index (χ2n) is 8.51. The van der Waals surface area contributed by atoms with Gasteiger partial charge in [0.25, 0.3) is 0 Å². The predicted octanol–water partition coefficient (Wildman–Crippen LogP) is 3.48. The molecule has 1 unspecified atom stereocenters. The molecule has 3 saturated heterocycles. The van der Waals surface area contributed by atoms with Gasteiger partial charge < -0.3 is 19.9 Å². The first-order valence-electron chi connectivity index (χ1n) is 10.6. The minimum absolute atomic E-state index is 0.0112. The van der Waals surface area contributed by atoms with Gasteiger partial charge in [-0.1, -0.05) is 12.1 Å². The van der Waals surface area contributed by atoms with E-state index in [0.717, 1.165) is 76.2 Å². The third-order valence-electron chi connectivity index (χ3n) is 6.76. The Hall–Kier alpha value is -2.08. The molecule has 3 fully saturated rings. The number of hydrogen-bond donors (Lipinski definition) is 1. The molecule has 6 nitrogen and oxygen atoms in total. The molecule has 0 bridgehead atoms. The Morgan fingerprint density at radius 3 is 2.57 bits per heavy atom. The number of carbonyl (C=O) groups excluding carboxylic acids is 2. The second-order valence-corrected chi connectivity index (χ2v) is 8.51. The van der Waals surface area contributed by atoms with Crippen LogP contribution in [-0.2, 0) is 9.53 Å². The quantitative estimate of drug-likeness (QED) is 0.867. The number of amides is 3. The number of rotatable bonds is 3. The van der Waals surface area contributed by atoms with Crippen molar-refractivity contribution < 1.29 is 14.3 Å². The van der Waals surface area contributed by atoms with Crippen LogP contribution in [0.2, 0.25) is 0 Å². The van der Waals surface area contributed by atoms with Crippen molar-refractivity contribution in [1.29, 1.82) is 0 Å². The lowest BCUT2D eigenvalue weighted by molar-refractivity contribution is -0.117. The van der Waals surface area contributed by atoms with Gasteiger partial charge in [0, 0.05) is 45.0 Å². The Labute approximate surface area is 167 Å². The number of hydrogen-bond acceptors (Lipinski definition) is 3. The maximum absolute atomic E-state index is 12.8. The summed E-state index contributed by atoms with van der Waals surface area (Å²) in [6.45, 7) is 6.15. The molecule has 152 valence electrons. The number of nitrogens with zero attached hydrogens (tertiary/aromatic N) is 2. The average Bonchev–Trinajstić information content (AvgIpc) is 3.15. The van der Waals surface area contributed by atoms with Gasteiger partial charge >= 0.3 is 6.03 Å². The van der Waals surface area contributed by atoms with Gasteiger partial charge in [-0.25, -0.2) is 4.79 Å².